The van der Waals surface area contributed by atoms with Gasteiger partial charge in [0.2, 0.25) is 5.91 Å². The Bertz CT molecular complexity index is 683. The molecule has 9 heteroatoms. The van der Waals surface area contributed by atoms with Crippen molar-refractivity contribution in [1.82, 2.24) is 24.9 Å². The van der Waals surface area contributed by atoms with Crippen LogP contribution in [0.3, 0.4) is 0 Å². The van der Waals surface area contributed by atoms with Crippen LogP contribution in [0.15, 0.2) is 16.7 Å². The number of carbonyl (C=O) groups is 1. The molecule has 0 spiro atoms. The minimum atomic E-state index is -2.68. The van der Waals surface area contributed by atoms with Crippen molar-refractivity contribution in [2.75, 3.05) is 6.54 Å². The Hall–Kier alpha value is -1.77. The van der Waals surface area contributed by atoms with E-state index in [4.69, 9.17) is 0 Å². The standard InChI is InChI=1S/C14H18BrF2N5O/c1-9-4-6-19-21(9)7-3-5-18-11(23)8-22-10(2)12(15)13(20-22)14(16)17/h4,6,14H,3,5,7-8H2,1-2H3,(H,18,23). The Labute approximate surface area is 141 Å². The van der Waals surface area contributed by atoms with Gasteiger partial charge >= 0.3 is 0 Å². The Kier molecular flexibility index (Phi) is 5.86. The van der Waals surface area contributed by atoms with E-state index in [0.717, 1.165) is 12.1 Å². The first-order valence-corrected chi connectivity index (χ1v) is 7.95. The molecule has 126 valence electrons. The van der Waals surface area contributed by atoms with E-state index in [1.165, 1.54) is 4.68 Å². The fourth-order valence-corrected chi connectivity index (χ4v) is 2.58. The smallest absolute Gasteiger partial charge is 0.283 e. The molecule has 0 aliphatic rings. The largest absolute Gasteiger partial charge is 0.354 e. The van der Waals surface area contributed by atoms with Gasteiger partial charge in [-0.1, -0.05) is 0 Å². The summed E-state index contributed by atoms with van der Waals surface area (Å²) in [4.78, 5) is 11.9. The molecule has 0 fully saturated rings. The first kappa shape index (κ1) is 17.6. The molecular formula is C14H18BrF2N5O. The highest BCUT2D eigenvalue weighted by atomic mass is 79.9. The van der Waals surface area contributed by atoms with E-state index in [1.54, 1.807) is 13.1 Å². The van der Waals surface area contributed by atoms with E-state index in [1.807, 2.05) is 17.7 Å². The van der Waals surface area contributed by atoms with Crippen LogP contribution >= 0.6 is 15.9 Å². The summed E-state index contributed by atoms with van der Waals surface area (Å²) in [5.74, 6) is -0.263. The number of nitrogens with zero attached hydrogens (tertiary/aromatic N) is 4. The second-order valence-electron chi connectivity index (χ2n) is 5.14. The number of nitrogens with one attached hydrogen (secondary N) is 1. The zero-order valence-electron chi connectivity index (χ0n) is 12.9. The SMILES string of the molecule is Cc1ccnn1CCCNC(=O)Cn1nc(C(F)F)c(Br)c1C. The summed E-state index contributed by atoms with van der Waals surface area (Å²) in [5.41, 5.74) is 1.22. The molecule has 0 radical (unpaired) electrons. The van der Waals surface area contributed by atoms with E-state index in [-0.39, 0.29) is 22.6 Å². The third-order valence-electron chi connectivity index (χ3n) is 3.46. The van der Waals surface area contributed by atoms with E-state index in [9.17, 15) is 13.6 Å². The van der Waals surface area contributed by atoms with Gasteiger partial charge in [-0.25, -0.2) is 8.78 Å². The van der Waals surface area contributed by atoms with Crippen LogP contribution in [-0.4, -0.2) is 32.0 Å². The van der Waals surface area contributed by atoms with Crippen LogP contribution in [0.1, 0.15) is 29.9 Å². The highest BCUT2D eigenvalue weighted by molar-refractivity contribution is 9.10. The monoisotopic (exact) mass is 389 g/mol. The molecule has 2 rings (SSSR count). The Morgan fingerprint density at radius 3 is 2.70 bits per heavy atom. The van der Waals surface area contributed by atoms with Gasteiger partial charge in [0.25, 0.3) is 6.43 Å². The molecule has 23 heavy (non-hydrogen) atoms. The van der Waals surface area contributed by atoms with Crippen LogP contribution in [0.5, 0.6) is 0 Å². The maximum Gasteiger partial charge on any atom is 0.283 e. The third kappa shape index (κ3) is 4.37. The zero-order chi connectivity index (χ0) is 17.0. The molecule has 2 aromatic heterocycles. The van der Waals surface area contributed by atoms with Gasteiger partial charge in [0, 0.05) is 25.0 Å². The molecule has 0 saturated carbocycles. The summed E-state index contributed by atoms with van der Waals surface area (Å²) < 4.78 is 28.9. The molecule has 2 aromatic rings. The lowest BCUT2D eigenvalue weighted by Crippen LogP contribution is -2.29. The number of amides is 1. The van der Waals surface area contributed by atoms with Gasteiger partial charge < -0.3 is 5.32 Å². The molecule has 0 aliphatic carbocycles. The molecule has 2 heterocycles. The summed E-state index contributed by atoms with van der Waals surface area (Å²) >= 11 is 3.08. The maximum atomic E-state index is 12.8. The number of aromatic nitrogens is 4. The van der Waals surface area contributed by atoms with Gasteiger partial charge in [0.15, 0.2) is 0 Å². The van der Waals surface area contributed by atoms with Crippen LogP contribution in [0.25, 0.3) is 0 Å². The van der Waals surface area contributed by atoms with Gasteiger partial charge in [-0.15, -0.1) is 0 Å². The zero-order valence-corrected chi connectivity index (χ0v) is 14.5. The van der Waals surface area contributed by atoms with Crippen molar-refractivity contribution in [2.24, 2.45) is 0 Å². The summed E-state index contributed by atoms with van der Waals surface area (Å²) in [6.07, 6.45) is -0.213. The minimum absolute atomic E-state index is 0.0854. The maximum absolute atomic E-state index is 12.8. The van der Waals surface area contributed by atoms with Gasteiger partial charge in [-0.2, -0.15) is 10.2 Å². The molecule has 1 amide bonds. The second-order valence-corrected chi connectivity index (χ2v) is 5.94. The Balaban J connectivity index is 1.81. The second kappa shape index (κ2) is 7.67. The van der Waals surface area contributed by atoms with E-state index in [2.05, 4.69) is 31.4 Å². The number of carbonyl (C=O) groups excluding carboxylic acids is 1. The lowest BCUT2D eigenvalue weighted by molar-refractivity contribution is -0.121. The molecule has 6 nitrogen and oxygen atoms in total. The fraction of sp³-hybridized carbons (Fsp3) is 0.500. The topological polar surface area (TPSA) is 64.7 Å². The van der Waals surface area contributed by atoms with Crippen molar-refractivity contribution in [2.45, 2.75) is 39.8 Å². The number of rotatable bonds is 7. The first-order valence-electron chi connectivity index (χ1n) is 7.16. The van der Waals surface area contributed by atoms with E-state index in [0.29, 0.717) is 18.8 Å². The predicted molar refractivity (Wildman–Crippen MR) is 84.2 cm³/mol. The highest BCUT2D eigenvalue weighted by Gasteiger charge is 2.21. The average Bonchev–Trinajstić information content (AvgIpc) is 3.02. The molecule has 0 saturated heterocycles. The Morgan fingerprint density at radius 2 is 2.13 bits per heavy atom. The van der Waals surface area contributed by atoms with Crippen LogP contribution in [0, 0.1) is 13.8 Å². The normalized spacial score (nSPS) is 11.2. The van der Waals surface area contributed by atoms with Gasteiger partial charge in [0.05, 0.1) is 10.2 Å². The number of alkyl halides is 2. The lowest BCUT2D eigenvalue weighted by Gasteiger charge is -2.08. The Morgan fingerprint density at radius 1 is 1.39 bits per heavy atom. The number of halogens is 3. The third-order valence-corrected chi connectivity index (χ3v) is 4.44. The van der Waals surface area contributed by atoms with E-state index < -0.39 is 6.43 Å². The van der Waals surface area contributed by atoms with Crippen LogP contribution < -0.4 is 5.32 Å². The van der Waals surface area contributed by atoms with Crippen LogP contribution in [0.4, 0.5) is 8.78 Å². The van der Waals surface area contributed by atoms with Gasteiger partial charge in [-0.3, -0.25) is 14.2 Å². The number of aryl methyl sites for hydroxylation is 2. The van der Waals surface area contributed by atoms with E-state index >= 15 is 0 Å². The van der Waals surface area contributed by atoms with Crippen molar-refractivity contribution in [3.05, 3.63) is 33.8 Å². The predicted octanol–water partition coefficient (Wildman–Crippen LogP) is 2.60. The lowest BCUT2D eigenvalue weighted by atomic mass is 10.4. The average molecular weight is 390 g/mol. The number of hydrogen-bond acceptors (Lipinski definition) is 3. The molecule has 0 unspecified atom stereocenters. The van der Waals surface area contributed by atoms with Gasteiger partial charge in [-0.05, 0) is 42.3 Å². The summed E-state index contributed by atoms with van der Waals surface area (Å²) in [6.45, 7) is 4.71. The van der Waals surface area contributed by atoms with Crippen molar-refractivity contribution < 1.29 is 13.6 Å². The number of hydrogen-bond donors (Lipinski definition) is 1. The van der Waals surface area contributed by atoms with Crippen LogP contribution in [0.2, 0.25) is 0 Å². The summed E-state index contributed by atoms with van der Waals surface area (Å²) in [7, 11) is 0. The van der Waals surface area contributed by atoms with Crippen LogP contribution in [-0.2, 0) is 17.9 Å². The summed E-state index contributed by atoms with van der Waals surface area (Å²) in [5, 5.41) is 10.7. The minimum Gasteiger partial charge on any atom is -0.354 e. The molecule has 0 bridgehead atoms. The van der Waals surface area contributed by atoms with Crippen molar-refractivity contribution in [3.8, 4) is 0 Å². The van der Waals surface area contributed by atoms with Crippen molar-refractivity contribution >= 4 is 21.8 Å². The van der Waals surface area contributed by atoms with Gasteiger partial charge in [0.1, 0.15) is 12.2 Å². The molecular weight excluding hydrogens is 372 g/mol. The molecule has 0 aliphatic heterocycles. The molecule has 0 atom stereocenters. The summed E-state index contributed by atoms with van der Waals surface area (Å²) in [6, 6.07) is 1.91. The molecule has 0 aromatic carbocycles. The van der Waals surface area contributed by atoms with Crippen molar-refractivity contribution in [3.63, 3.8) is 0 Å². The fourth-order valence-electron chi connectivity index (χ4n) is 2.12. The molecule has 1 N–H and O–H groups in total. The van der Waals surface area contributed by atoms with Crippen molar-refractivity contribution in [1.29, 1.82) is 0 Å². The highest BCUT2D eigenvalue weighted by Crippen LogP contribution is 2.28. The first-order chi connectivity index (χ1) is 10.9. The quantitative estimate of drug-likeness (QED) is 0.740.